The van der Waals surface area contributed by atoms with Crippen LogP contribution in [-0.4, -0.2) is 60.6 Å². The van der Waals surface area contributed by atoms with E-state index in [1.54, 1.807) is 0 Å². The lowest BCUT2D eigenvalue weighted by Crippen LogP contribution is -2.41. The summed E-state index contributed by atoms with van der Waals surface area (Å²) in [5, 5.41) is 5.39. The van der Waals surface area contributed by atoms with Gasteiger partial charge in [-0.2, -0.15) is 5.10 Å². The number of rotatable bonds is 8. The zero-order chi connectivity index (χ0) is 25.3. The third-order valence-corrected chi connectivity index (χ3v) is 7.27. The van der Waals surface area contributed by atoms with Crippen molar-refractivity contribution >= 4 is 23.5 Å². The molecule has 1 aromatic heterocycles. The average molecular weight is 494 g/mol. The van der Waals surface area contributed by atoms with E-state index in [4.69, 9.17) is 28.3 Å². The Morgan fingerprint density at radius 2 is 1.64 bits per heavy atom. The predicted molar refractivity (Wildman–Crippen MR) is 138 cm³/mol. The summed E-state index contributed by atoms with van der Waals surface area (Å²) >= 11 is 0. The second-order valence-corrected chi connectivity index (χ2v) is 10.4. The van der Waals surface area contributed by atoms with Gasteiger partial charge in [0.25, 0.3) is 0 Å². The first-order valence-electron chi connectivity index (χ1n) is 12.6. The van der Waals surface area contributed by atoms with Crippen LogP contribution in [0.1, 0.15) is 40.5 Å². The number of aryl methyl sites for hydroxylation is 1. The van der Waals surface area contributed by atoms with E-state index in [-0.39, 0.29) is 6.10 Å². The molecule has 0 radical (unpaired) electrons. The van der Waals surface area contributed by atoms with Crippen LogP contribution in [-0.2, 0) is 25.8 Å². The van der Waals surface area contributed by atoms with Gasteiger partial charge in [-0.15, -0.1) is 0 Å². The van der Waals surface area contributed by atoms with Crippen molar-refractivity contribution in [2.24, 2.45) is 7.05 Å². The molecule has 2 aliphatic rings. The minimum absolute atomic E-state index is 0.273. The van der Waals surface area contributed by atoms with Crippen LogP contribution in [0.25, 0.3) is 10.9 Å². The van der Waals surface area contributed by atoms with E-state index in [2.05, 4.69) is 11.2 Å². The standard InChI is InChI=1S/C27H35BN2O6/c1-26(2)27(3,4)36-28(35-26)20-16-19-18-29-30(5)25(19)24(17-20)34-23-8-6-21(7-9-23)32-14-15-33-22-10-12-31-13-11-22/h6-9,16-18,22H,10-15H2,1-5H3. The molecular weight excluding hydrogens is 459 g/mol. The summed E-state index contributed by atoms with van der Waals surface area (Å²) in [5.41, 5.74) is 0.956. The lowest BCUT2D eigenvalue weighted by atomic mass is 9.78. The fraction of sp³-hybridized carbons (Fsp3) is 0.519. The Kier molecular flexibility index (Phi) is 7.00. The molecule has 36 heavy (non-hydrogen) atoms. The van der Waals surface area contributed by atoms with Crippen molar-refractivity contribution in [1.82, 2.24) is 9.78 Å². The molecule has 2 aromatic carbocycles. The fourth-order valence-corrected chi connectivity index (χ4v) is 4.44. The summed E-state index contributed by atoms with van der Waals surface area (Å²) in [6, 6.07) is 11.6. The molecule has 192 valence electrons. The molecule has 9 heteroatoms. The van der Waals surface area contributed by atoms with Crippen LogP contribution in [0.2, 0.25) is 0 Å². The molecule has 0 aliphatic carbocycles. The van der Waals surface area contributed by atoms with Gasteiger partial charge in [-0.25, -0.2) is 0 Å². The Balaban J connectivity index is 1.26. The van der Waals surface area contributed by atoms with Crippen LogP contribution in [0, 0.1) is 0 Å². The van der Waals surface area contributed by atoms with Crippen molar-refractivity contribution in [3.63, 3.8) is 0 Å². The predicted octanol–water partition coefficient (Wildman–Crippen LogP) is 4.24. The highest BCUT2D eigenvalue weighted by Gasteiger charge is 2.51. The molecule has 5 rings (SSSR count). The molecular formula is C27H35BN2O6. The maximum atomic E-state index is 6.33. The van der Waals surface area contributed by atoms with E-state index < -0.39 is 18.3 Å². The van der Waals surface area contributed by atoms with E-state index in [0.29, 0.717) is 24.7 Å². The smallest absolute Gasteiger partial charge is 0.491 e. The van der Waals surface area contributed by atoms with Crippen LogP contribution < -0.4 is 14.9 Å². The van der Waals surface area contributed by atoms with Gasteiger partial charge in [-0.1, -0.05) is 6.07 Å². The molecule has 0 spiro atoms. The van der Waals surface area contributed by atoms with Gasteiger partial charge in [0.2, 0.25) is 0 Å². The second-order valence-electron chi connectivity index (χ2n) is 10.4. The molecule has 0 bridgehead atoms. The van der Waals surface area contributed by atoms with Crippen molar-refractivity contribution in [1.29, 1.82) is 0 Å². The van der Waals surface area contributed by atoms with Crippen LogP contribution in [0.4, 0.5) is 0 Å². The largest absolute Gasteiger partial charge is 0.494 e. The summed E-state index contributed by atoms with van der Waals surface area (Å²) in [5.74, 6) is 2.17. The third-order valence-electron chi connectivity index (χ3n) is 7.27. The molecule has 0 N–H and O–H groups in total. The second kappa shape index (κ2) is 10.1. The molecule has 0 atom stereocenters. The molecule has 0 unspecified atom stereocenters. The Morgan fingerprint density at radius 1 is 0.972 bits per heavy atom. The zero-order valence-electron chi connectivity index (χ0n) is 21.8. The van der Waals surface area contributed by atoms with Gasteiger partial charge in [0.15, 0.2) is 5.75 Å². The summed E-state index contributed by atoms with van der Waals surface area (Å²) in [7, 11) is 1.42. The number of fused-ring (bicyclic) bond motifs is 1. The van der Waals surface area contributed by atoms with E-state index in [1.807, 2.05) is 76.0 Å². The van der Waals surface area contributed by atoms with E-state index >= 15 is 0 Å². The minimum Gasteiger partial charge on any atom is -0.491 e. The Hall–Kier alpha value is -2.59. The molecule has 2 aliphatic heterocycles. The number of benzene rings is 2. The Bertz CT molecular complexity index is 1170. The van der Waals surface area contributed by atoms with E-state index in [9.17, 15) is 0 Å². The van der Waals surface area contributed by atoms with Crippen molar-refractivity contribution < 1.29 is 28.3 Å². The first-order chi connectivity index (χ1) is 17.2. The average Bonchev–Trinajstić information content (AvgIpc) is 3.33. The molecule has 8 nitrogen and oxygen atoms in total. The van der Waals surface area contributed by atoms with Crippen molar-refractivity contribution in [2.45, 2.75) is 57.8 Å². The highest BCUT2D eigenvalue weighted by Crippen LogP contribution is 2.37. The summed E-state index contributed by atoms with van der Waals surface area (Å²) < 4.78 is 37.8. The van der Waals surface area contributed by atoms with Gasteiger partial charge in [0.1, 0.15) is 23.6 Å². The SMILES string of the molecule is Cn1ncc2cc(B3OC(C)(C)C(C)(C)O3)cc(Oc3ccc(OCCOC4CCOCC4)cc3)c21. The zero-order valence-corrected chi connectivity index (χ0v) is 21.8. The van der Waals surface area contributed by atoms with Gasteiger partial charge in [0, 0.05) is 25.6 Å². The molecule has 3 heterocycles. The Labute approximate surface area is 212 Å². The van der Waals surface area contributed by atoms with Crippen LogP contribution in [0.5, 0.6) is 17.2 Å². The normalized spacial score (nSPS) is 19.6. The monoisotopic (exact) mass is 494 g/mol. The Morgan fingerprint density at radius 3 is 2.33 bits per heavy atom. The first kappa shape index (κ1) is 25.1. The summed E-state index contributed by atoms with van der Waals surface area (Å²) in [4.78, 5) is 0. The van der Waals surface area contributed by atoms with Crippen molar-refractivity contribution in [3.8, 4) is 17.2 Å². The minimum atomic E-state index is -0.485. The number of hydrogen-bond acceptors (Lipinski definition) is 7. The quantitative estimate of drug-likeness (QED) is 0.343. The van der Waals surface area contributed by atoms with Gasteiger partial charge in [-0.05, 0) is 76.3 Å². The van der Waals surface area contributed by atoms with Crippen molar-refractivity contribution in [3.05, 3.63) is 42.6 Å². The molecule has 2 fully saturated rings. The van der Waals surface area contributed by atoms with Gasteiger partial charge < -0.3 is 28.3 Å². The third kappa shape index (κ3) is 5.25. The van der Waals surface area contributed by atoms with Gasteiger partial charge in [-0.3, -0.25) is 4.68 Å². The topological polar surface area (TPSA) is 73.2 Å². The lowest BCUT2D eigenvalue weighted by Gasteiger charge is -2.32. The maximum Gasteiger partial charge on any atom is 0.494 e. The number of hydrogen-bond donors (Lipinski definition) is 0. The fourth-order valence-electron chi connectivity index (χ4n) is 4.44. The molecule has 2 saturated heterocycles. The molecule has 0 amide bonds. The highest BCUT2D eigenvalue weighted by atomic mass is 16.7. The molecule has 3 aromatic rings. The molecule has 0 saturated carbocycles. The number of nitrogens with zero attached hydrogens (tertiary/aromatic N) is 2. The first-order valence-corrected chi connectivity index (χ1v) is 12.6. The lowest BCUT2D eigenvalue weighted by molar-refractivity contribution is -0.0388. The number of ether oxygens (including phenoxy) is 4. The van der Waals surface area contributed by atoms with E-state index in [0.717, 1.165) is 48.2 Å². The van der Waals surface area contributed by atoms with Crippen LogP contribution >= 0.6 is 0 Å². The van der Waals surface area contributed by atoms with E-state index in [1.165, 1.54) is 0 Å². The van der Waals surface area contributed by atoms with Crippen LogP contribution in [0.15, 0.2) is 42.6 Å². The maximum absolute atomic E-state index is 6.33. The van der Waals surface area contributed by atoms with Gasteiger partial charge in [0.05, 0.1) is 30.1 Å². The van der Waals surface area contributed by atoms with Crippen LogP contribution in [0.3, 0.4) is 0 Å². The number of aromatic nitrogens is 2. The summed E-state index contributed by atoms with van der Waals surface area (Å²) in [6.45, 7) is 10.8. The van der Waals surface area contributed by atoms with Gasteiger partial charge >= 0.3 is 7.12 Å². The van der Waals surface area contributed by atoms with Crippen molar-refractivity contribution in [2.75, 3.05) is 26.4 Å². The summed E-state index contributed by atoms with van der Waals surface area (Å²) in [6.07, 6.45) is 4.00. The highest BCUT2D eigenvalue weighted by molar-refractivity contribution is 6.62.